The fourth-order valence-corrected chi connectivity index (χ4v) is 4.23. The maximum atomic E-state index is 13.0. The van der Waals surface area contributed by atoms with Crippen molar-refractivity contribution < 1.29 is 9.47 Å². The second-order valence-corrected chi connectivity index (χ2v) is 9.56. The van der Waals surface area contributed by atoms with Crippen molar-refractivity contribution in [2.45, 2.75) is 39.8 Å². The Labute approximate surface area is 229 Å². The first-order valence-electron chi connectivity index (χ1n) is 12.1. The molecule has 0 unspecified atom stereocenters. The number of aromatic nitrogens is 4. The van der Waals surface area contributed by atoms with E-state index in [1.54, 1.807) is 25.3 Å². The molecule has 0 aliphatic carbocycles. The van der Waals surface area contributed by atoms with E-state index in [0.29, 0.717) is 23.6 Å². The molecule has 0 fully saturated rings. The summed E-state index contributed by atoms with van der Waals surface area (Å²) in [7, 11) is 1.60. The van der Waals surface area contributed by atoms with Crippen LogP contribution < -0.4 is 26.0 Å². The predicted molar refractivity (Wildman–Crippen MR) is 148 cm³/mol. The summed E-state index contributed by atoms with van der Waals surface area (Å²) in [6.45, 7) is 5.85. The third kappa shape index (κ3) is 6.64. The zero-order valence-electron chi connectivity index (χ0n) is 21.9. The first-order chi connectivity index (χ1) is 18.7. The molecule has 11 heteroatoms. The zero-order chi connectivity index (χ0) is 28.1. The van der Waals surface area contributed by atoms with Gasteiger partial charge in [0, 0.05) is 6.54 Å². The Bertz CT molecular complexity index is 1660. The van der Waals surface area contributed by atoms with Crippen LogP contribution in [0.25, 0.3) is 0 Å². The Hall–Kier alpha value is -4.62. The molecule has 200 valence electrons. The number of ether oxygens (including phenoxy) is 2. The maximum absolute atomic E-state index is 13.0. The van der Waals surface area contributed by atoms with E-state index in [4.69, 9.17) is 21.1 Å². The van der Waals surface area contributed by atoms with Crippen molar-refractivity contribution in [1.82, 2.24) is 19.5 Å². The van der Waals surface area contributed by atoms with Crippen LogP contribution in [0.5, 0.6) is 17.4 Å². The van der Waals surface area contributed by atoms with Gasteiger partial charge in [-0.2, -0.15) is 5.26 Å². The molecule has 2 aromatic heterocycles. The molecule has 0 atom stereocenters. The second kappa shape index (κ2) is 11.8. The molecule has 4 aromatic rings. The Morgan fingerprint density at radius 1 is 1.10 bits per heavy atom. The number of hydrogen-bond acceptors (Lipinski definition) is 8. The molecule has 4 rings (SSSR count). The van der Waals surface area contributed by atoms with Gasteiger partial charge in [-0.1, -0.05) is 37.6 Å². The number of aryl methyl sites for hydroxylation is 1. The van der Waals surface area contributed by atoms with Gasteiger partial charge in [0.2, 0.25) is 11.8 Å². The van der Waals surface area contributed by atoms with E-state index >= 15 is 0 Å². The minimum Gasteiger partial charge on any atom is -0.497 e. The number of H-pyrrole nitrogens is 1. The van der Waals surface area contributed by atoms with E-state index in [0.717, 1.165) is 16.9 Å². The molecular weight excluding hydrogens is 520 g/mol. The van der Waals surface area contributed by atoms with Crippen molar-refractivity contribution in [1.29, 1.82) is 5.26 Å². The monoisotopic (exact) mass is 546 g/mol. The van der Waals surface area contributed by atoms with Gasteiger partial charge in [-0.3, -0.25) is 14.3 Å². The van der Waals surface area contributed by atoms with Crippen molar-refractivity contribution in [3.63, 3.8) is 0 Å². The normalized spacial score (nSPS) is 10.8. The van der Waals surface area contributed by atoms with E-state index in [2.05, 4.69) is 26.3 Å². The average molecular weight is 547 g/mol. The third-order valence-electron chi connectivity index (χ3n) is 5.84. The molecule has 2 heterocycles. The lowest BCUT2D eigenvalue weighted by atomic mass is 10.1. The number of nitrogens with zero attached hydrogens (tertiary/aromatic N) is 4. The fraction of sp³-hybridized carbons (Fsp3) is 0.250. The highest BCUT2D eigenvalue weighted by molar-refractivity contribution is 6.29. The number of hydrogen-bond donors (Lipinski definition) is 2. The maximum Gasteiger partial charge on any atom is 0.331 e. The molecule has 0 saturated carbocycles. The van der Waals surface area contributed by atoms with Gasteiger partial charge in [0.05, 0.1) is 36.5 Å². The van der Waals surface area contributed by atoms with E-state index in [1.165, 1.54) is 10.6 Å². The summed E-state index contributed by atoms with van der Waals surface area (Å²) < 4.78 is 12.6. The Morgan fingerprint density at radius 3 is 2.51 bits per heavy atom. The highest BCUT2D eigenvalue weighted by Gasteiger charge is 2.21. The van der Waals surface area contributed by atoms with E-state index in [-0.39, 0.29) is 35.0 Å². The molecule has 0 amide bonds. The molecule has 0 radical (unpaired) electrons. The molecule has 0 spiro atoms. The van der Waals surface area contributed by atoms with Crippen LogP contribution in [0.3, 0.4) is 0 Å². The van der Waals surface area contributed by atoms with Crippen molar-refractivity contribution in [2.24, 2.45) is 0 Å². The summed E-state index contributed by atoms with van der Waals surface area (Å²) in [6.07, 6.45) is 0. The molecule has 39 heavy (non-hydrogen) atoms. The molecule has 0 saturated heterocycles. The SMILES string of the molecule is COc1ccc(CNc2nc(Cl)cc(Cn3c(Oc4cc(C)cc(C#N)c4)c(C(C)C)c(=O)[nH]c3=O)n2)cc1. The van der Waals surface area contributed by atoms with Crippen LogP contribution in [-0.2, 0) is 13.1 Å². The lowest BCUT2D eigenvalue weighted by Crippen LogP contribution is -2.34. The summed E-state index contributed by atoms with van der Waals surface area (Å²) in [5.74, 6) is 1.14. The van der Waals surface area contributed by atoms with Gasteiger partial charge in [0.25, 0.3) is 5.56 Å². The van der Waals surface area contributed by atoms with Crippen molar-refractivity contribution in [3.8, 4) is 23.4 Å². The topological polar surface area (TPSA) is 135 Å². The highest BCUT2D eigenvalue weighted by Crippen LogP contribution is 2.29. The number of halogens is 1. The number of anilines is 1. The Kier molecular flexibility index (Phi) is 8.32. The molecule has 0 bridgehead atoms. The average Bonchev–Trinajstić information content (AvgIpc) is 2.89. The smallest absolute Gasteiger partial charge is 0.331 e. The first-order valence-corrected chi connectivity index (χ1v) is 12.5. The quantitative estimate of drug-likeness (QED) is 0.287. The summed E-state index contributed by atoms with van der Waals surface area (Å²) in [6, 6.07) is 16.2. The molecule has 0 aliphatic heterocycles. The minimum absolute atomic E-state index is 0.0545. The van der Waals surface area contributed by atoms with E-state index in [1.807, 2.05) is 45.0 Å². The number of aromatic amines is 1. The van der Waals surface area contributed by atoms with Gasteiger partial charge in [0.1, 0.15) is 16.7 Å². The zero-order valence-corrected chi connectivity index (χ0v) is 22.7. The molecule has 10 nitrogen and oxygen atoms in total. The van der Waals surface area contributed by atoms with Crippen LogP contribution in [-0.4, -0.2) is 26.6 Å². The van der Waals surface area contributed by atoms with Crippen LogP contribution >= 0.6 is 11.6 Å². The number of benzene rings is 2. The number of rotatable bonds is 9. The van der Waals surface area contributed by atoms with Gasteiger partial charge in [-0.25, -0.2) is 14.8 Å². The minimum atomic E-state index is -0.671. The van der Waals surface area contributed by atoms with Crippen molar-refractivity contribution in [3.05, 3.63) is 102 Å². The third-order valence-corrected chi connectivity index (χ3v) is 6.03. The van der Waals surface area contributed by atoms with Gasteiger partial charge >= 0.3 is 5.69 Å². The van der Waals surface area contributed by atoms with Gasteiger partial charge in [0.15, 0.2) is 0 Å². The van der Waals surface area contributed by atoms with Gasteiger partial charge in [-0.15, -0.1) is 0 Å². The first kappa shape index (κ1) is 27.4. The fourth-order valence-electron chi connectivity index (χ4n) is 4.02. The summed E-state index contributed by atoms with van der Waals surface area (Å²) in [5, 5.41) is 12.7. The summed E-state index contributed by atoms with van der Waals surface area (Å²) in [4.78, 5) is 36.9. The van der Waals surface area contributed by atoms with E-state index in [9.17, 15) is 14.9 Å². The number of nitrogens with one attached hydrogen (secondary N) is 2. The van der Waals surface area contributed by atoms with Crippen LogP contribution in [0.4, 0.5) is 5.95 Å². The predicted octanol–water partition coefficient (Wildman–Crippen LogP) is 4.74. The standard InChI is InChI=1S/C28H27ClN6O4/c1-16(2)24-25(36)34-28(37)35(26(24)39-22-10-17(3)9-19(11-22)13-30)15-20-12-23(29)33-27(32-20)31-14-18-5-7-21(38-4)8-6-18/h5-12,16H,14-15H2,1-4H3,(H,31,32,33)(H,34,36,37). The number of methoxy groups -OCH3 is 1. The van der Waals surface area contributed by atoms with Crippen LogP contribution in [0.1, 0.15) is 47.7 Å². The largest absolute Gasteiger partial charge is 0.497 e. The molecular formula is C28H27ClN6O4. The van der Waals surface area contributed by atoms with Crippen LogP contribution in [0, 0.1) is 18.3 Å². The molecule has 0 aliphatic rings. The lowest BCUT2D eigenvalue weighted by Gasteiger charge is -2.18. The summed E-state index contributed by atoms with van der Waals surface area (Å²) in [5.41, 5.74) is 1.65. The highest BCUT2D eigenvalue weighted by atomic mass is 35.5. The van der Waals surface area contributed by atoms with E-state index < -0.39 is 11.2 Å². The Balaban J connectivity index is 1.70. The van der Waals surface area contributed by atoms with Gasteiger partial charge in [-0.05, 0) is 60.4 Å². The van der Waals surface area contributed by atoms with Crippen LogP contribution in [0.2, 0.25) is 5.15 Å². The lowest BCUT2D eigenvalue weighted by molar-refractivity contribution is 0.409. The number of nitriles is 1. The summed E-state index contributed by atoms with van der Waals surface area (Å²) >= 11 is 6.29. The Morgan fingerprint density at radius 2 is 1.85 bits per heavy atom. The van der Waals surface area contributed by atoms with Crippen molar-refractivity contribution >= 4 is 17.5 Å². The molecule has 2 aromatic carbocycles. The molecule has 2 N–H and O–H groups in total. The second-order valence-electron chi connectivity index (χ2n) is 9.17. The van der Waals surface area contributed by atoms with Crippen LogP contribution in [0.15, 0.2) is 58.1 Å². The van der Waals surface area contributed by atoms with Gasteiger partial charge < -0.3 is 14.8 Å². The van der Waals surface area contributed by atoms with Crippen molar-refractivity contribution in [2.75, 3.05) is 12.4 Å².